The van der Waals surface area contributed by atoms with E-state index >= 15 is 0 Å². The third kappa shape index (κ3) is 6.66. The molecule has 0 radical (unpaired) electrons. The third-order valence-electron chi connectivity index (χ3n) is 1.54. The Bertz CT molecular complexity index is 90.2. The van der Waals surface area contributed by atoms with Gasteiger partial charge in [-0.3, -0.25) is 0 Å². The first kappa shape index (κ1) is 11.3. The first-order valence-electron chi connectivity index (χ1n) is 4.03. The van der Waals surface area contributed by atoms with Crippen molar-refractivity contribution in [3.8, 4) is 0 Å². The van der Waals surface area contributed by atoms with E-state index in [9.17, 15) is 0 Å². The molecule has 0 amide bonds. The molecule has 68 valence electrons. The second-order valence-corrected chi connectivity index (χ2v) is 3.96. The molecule has 0 heterocycles. The second kappa shape index (κ2) is 6.95. The summed E-state index contributed by atoms with van der Waals surface area (Å²) in [6.07, 6.45) is 2.10. The van der Waals surface area contributed by atoms with Gasteiger partial charge in [-0.25, -0.2) is 0 Å². The molecule has 2 unspecified atom stereocenters. The molecule has 2 atom stereocenters. The van der Waals surface area contributed by atoms with Crippen LogP contribution in [0.15, 0.2) is 0 Å². The van der Waals surface area contributed by atoms with Crippen LogP contribution in [-0.2, 0) is 0 Å². The maximum atomic E-state index is 8.73. The topological polar surface area (TPSA) is 32.3 Å². The van der Waals surface area contributed by atoms with Gasteiger partial charge in [-0.15, -0.1) is 0 Å². The van der Waals surface area contributed by atoms with Crippen molar-refractivity contribution in [1.82, 2.24) is 5.32 Å². The Hall–Kier alpha value is 0.270. The van der Waals surface area contributed by atoms with E-state index in [1.807, 2.05) is 18.7 Å². The van der Waals surface area contributed by atoms with Crippen molar-refractivity contribution in [2.75, 3.05) is 25.2 Å². The van der Waals surface area contributed by atoms with E-state index in [0.717, 1.165) is 12.3 Å². The summed E-state index contributed by atoms with van der Waals surface area (Å²) >= 11 is 1.84. The zero-order chi connectivity index (χ0) is 8.69. The van der Waals surface area contributed by atoms with Gasteiger partial charge in [0.05, 0.1) is 0 Å². The molecule has 0 spiro atoms. The normalized spacial score (nSPS) is 16.4. The van der Waals surface area contributed by atoms with Crippen LogP contribution in [0.25, 0.3) is 0 Å². The standard InChI is InChI=1S/C8H19NOS/c1-7(5-10)4-9-8(2)6-11-3/h7-10H,4-6H2,1-3H3. The fourth-order valence-electron chi connectivity index (χ4n) is 0.776. The highest BCUT2D eigenvalue weighted by molar-refractivity contribution is 7.98. The zero-order valence-corrected chi connectivity index (χ0v) is 8.45. The molecule has 11 heavy (non-hydrogen) atoms. The molecule has 0 aliphatic heterocycles. The number of thioether (sulfide) groups is 1. The van der Waals surface area contributed by atoms with Gasteiger partial charge < -0.3 is 10.4 Å². The summed E-state index contributed by atoms with van der Waals surface area (Å²) < 4.78 is 0. The zero-order valence-electron chi connectivity index (χ0n) is 7.63. The molecule has 0 bridgehead atoms. The molecule has 0 aromatic rings. The summed E-state index contributed by atoms with van der Waals surface area (Å²) in [4.78, 5) is 0. The summed E-state index contributed by atoms with van der Waals surface area (Å²) in [7, 11) is 0. The minimum Gasteiger partial charge on any atom is -0.396 e. The fourth-order valence-corrected chi connectivity index (χ4v) is 1.39. The average Bonchev–Trinajstić information content (AvgIpc) is 2.01. The summed E-state index contributed by atoms with van der Waals surface area (Å²) in [5.74, 6) is 1.51. The van der Waals surface area contributed by atoms with Gasteiger partial charge in [0.1, 0.15) is 0 Å². The number of nitrogens with one attached hydrogen (secondary N) is 1. The molecule has 0 aliphatic rings. The van der Waals surface area contributed by atoms with Crippen molar-refractivity contribution < 1.29 is 5.11 Å². The van der Waals surface area contributed by atoms with Crippen LogP contribution in [-0.4, -0.2) is 36.3 Å². The Morgan fingerprint density at radius 3 is 2.55 bits per heavy atom. The molecule has 0 saturated heterocycles. The largest absolute Gasteiger partial charge is 0.396 e. The van der Waals surface area contributed by atoms with E-state index in [1.54, 1.807) is 0 Å². The van der Waals surface area contributed by atoms with E-state index in [1.165, 1.54) is 0 Å². The van der Waals surface area contributed by atoms with Gasteiger partial charge in [-0.05, 0) is 19.1 Å². The summed E-state index contributed by atoms with van der Waals surface area (Å²) in [5.41, 5.74) is 0. The molecule has 0 rings (SSSR count). The van der Waals surface area contributed by atoms with Crippen LogP contribution >= 0.6 is 11.8 Å². The number of hydrogen-bond donors (Lipinski definition) is 2. The highest BCUT2D eigenvalue weighted by atomic mass is 32.2. The number of rotatable bonds is 6. The van der Waals surface area contributed by atoms with Crippen LogP contribution in [0, 0.1) is 5.92 Å². The summed E-state index contributed by atoms with van der Waals surface area (Å²) in [5, 5.41) is 12.1. The Kier molecular flexibility index (Phi) is 7.12. The summed E-state index contributed by atoms with van der Waals surface area (Å²) in [6.45, 7) is 5.40. The van der Waals surface area contributed by atoms with Gasteiger partial charge in [0.25, 0.3) is 0 Å². The molecular formula is C8H19NOS. The lowest BCUT2D eigenvalue weighted by Gasteiger charge is -2.14. The van der Waals surface area contributed by atoms with Crippen LogP contribution in [0.1, 0.15) is 13.8 Å². The van der Waals surface area contributed by atoms with Crippen LogP contribution in [0.4, 0.5) is 0 Å². The van der Waals surface area contributed by atoms with Crippen molar-refractivity contribution >= 4 is 11.8 Å². The van der Waals surface area contributed by atoms with E-state index in [2.05, 4.69) is 18.5 Å². The fraction of sp³-hybridized carbons (Fsp3) is 1.00. The first-order valence-corrected chi connectivity index (χ1v) is 5.43. The average molecular weight is 177 g/mol. The number of aliphatic hydroxyl groups is 1. The first-order chi connectivity index (χ1) is 5.20. The molecule has 2 nitrogen and oxygen atoms in total. The minimum absolute atomic E-state index is 0.277. The Balaban J connectivity index is 3.22. The van der Waals surface area contributed by atoms with Crippen molar-refractivity contribution in [3.63, 3.8) is 0 Å². The molecule has 0 aromatic heterocycles. The highest BCUT2D eigenvalue weighted by Gasteiger charge is 2.02. The second-order valence-electron chi connectivity index (χ2n) is 3.05. The van der Waals surface area contributed by atoms with Crippen molar-refractivity contribution in [2.24, 2.45) is 5.92 Å². The lowest BCUT2D eigenvalue weighted by molar-refractivity contribution is 0.232. The van der Waals surface area contributed by atoms with Gasteiger partial charge in [0.2, 0.25) is 0 Å². The number of aliphatic hydroxyl groups excluding tert-OH is 1. The van der Waals surface area contributed by atoms with Gasteiger partial charge in [0, 0.05) is 24.9 Å². The molecule has 0 saturated carbocycles. The quantitative estimate of drug-likeness (QED) is 0.634. The molecule has 2 N–H and O–H groups in total. The van der Waals surface area contributed by atoms with Gasteiger partial charge in [0.15, 0.2) is 0 Å². The SMILES string of the molecule is CSCC(C)NCC(C)CO. The van der Waals surface area contributed by atoms with Gasteiger partial charge in [-0.2, -0.15) is 11.8 Å². The molecule has 3 heteroatoms. The van der Waals surface area contributed by atoms with E-state index in [-0.39, 0.29) is 6.61 Å². The smallest absolute Gasteiger partial charge is 0.0468 e. The Morgan fingerprint density at radius 2 is 2.09 bits per heavy atom. The number of hydrogen-bond acceptors (Lipinski definition) is 3. The predicted octanol–water partition coefficient (Wildman–Crippen LogP) is 0.956. The summed E-state index contributed by atoms with van der Waals surface area (Å²) in [6, 6.07) is 0.555. The van der Waals surface area contributed by atoms with Crippen LogP contribution in [0.3, 0.4) is 0 Å². The Morgan fingerprint density at radius 1 is 1.45 bits per heavy atom. The third-order valence-corrected chi connectivity index (χ3v) is 2.38. The molecule has 0 aliphatic carbocycles. The highest BCUT2D eigenvalue weighted by Crippen LogP contribution is 1.97. The van der Waals surface area contributed by atoms with Crippen LogP contribution in [0.5, 0.6) is 0 Å². The lowest BCUT2D eigenvalue weighted by atomic mass is 10.2. The predicted molar refractivity (Wildman–Crippen MR) is 52.1 cm³/mol. The molecule has 0 fully saturated rings. The minimum atomic E-state index is 0.277. The molecule has 0 aromatic carbocycles. The van der Waals surface area contributed by atoms with Gasteiger partial charge in [-0.1, -0.05) is 6.92 Å². The molecular weight excluding hydrogens is 158 g/mol. The van der Waals surface area contributed by atoms with Crippen LogP contribution < -0.4 is 5.32 Å². The van der Waals surface area contributed by atoms with Crippen LogP contribution in [0.2, 0.25) is 0 Å². The maximum absolute atomic E-state index is 8.73. The lowest BCUT2D eigenvalue weighted by Crippen LogP contribution is -2.33. The van der Waals surface area contributed by atoms with Gasteiger partial charge >= 0.3 is 0 Å². The van der Waals surface area contributed by atoms with Crippen molar-refractivity contribution in [3.05, 3.63) is 0 Å². The monoisotopic (exact) mass is 177 g/mol. The van der Waals surface area contributed by atoms with E-state index in [4.69, 9.17) is 5.11 Å². The van der Waals surface area contributed by atoms with Crippen molar-refractivity contribution in [2.45, 2.75) is 19.9 Å². The maximum Gasteiger partial charge on any atom is 0.0468 e. The van der Waals surface area contributed by atoms with Crippen molar-refractivity contribution in [1.29, 1.82) is 0 Å². The van der Waals surface area contributed by atoms with E-state index in [0.29, 0.717) is 12.0 Å². The van der Waals surface area contributed by atoms with E-state index < -0.39 is 0 Å². The Labute approximate surface area is 73.8 Å².